The molecule has 1 aromatic heterocycles. The number of hydrogen-bond donors (Lipinski definition) is 7. The van der Waals surface area contributed by atoms with Crippen LogP contribution in [0.4, 0.5) is 20.4 Å². The highest BCUT2D eigenvalue weighted by Gasteiger charge is 2.12. The smallest absolute Gasteiger partial charge is 0.335 e. The first kappa shape index (κ1) is 30.6. The highest BCUT2D eigenvalue weighted by atomic mass is 32.1. The Labute approximate surface area is 240 Å². The van der Waals surface area contributed by atoms with Crippen molar-refractivity contribution in [1.29, 1.82) is 0 Å². The van der Waals surface area contributed by atoms with Crippen LogP contribution in [0.3, 0.4) is 0 Å². The van der Waals surface area contributed by atoms with Gasteiger partial charge in [-0.3, -0.25) is 15.0 Å². The maximum Gasteiger partial charge on any atom is 0.335 e. The summed E-state index contributed by atoms with van der Waals surface area (Å²) in [6, 6.07) is 13.6. The number of carbonyl (C=O) groups excluding carboxylic acids is 4. The van der Waals surface area contributed by atoms with Gasteiger partial charge in [0.25, 0.3) is 0 Å². The summed E-state index contributed by atoms with van der Waals surface area (Å²) in [5.74, 6) is 5.16. The fraction of sp³-hybridized carbons (Fsp3) is 0.269. The maximum atomic E-state index is 12.5. The van der Waals surface area contributed by atoms with Crippen molar-refractivity contribution in [2.75, 3.05) is 23.5 Å². The Kier molecular flexibility index (Phi) is 11.7. The lowest BCUT2D eigenvalue weighted by molar-refractivity contribution is -0.119. The van der Waals surface area contributed by atoms with Gasteiger partial charge in [0.2, 0.25) is 11.8 Å². The molecule has 0 aliphatic carbocycles. The van der Waals surface area contributed by atoms with Crippen molar-refractivity contribution in [3.63, 3.8) is 0 Å². The molecule has 14 nitrogen and oxygen atoms in total. The Morgan fingerprint density at radius 3 is 2.05 bits per heavy atom. The van der Waals surface area contributed by atoms with Crippen LogP contribution in [0.1, 0.15) is 30.7 Å². The fourth-order valence-corrected chi connectivity index (χ4v) is 4.19. The standard InChI is InChI=1S/C26H33N9O5S/c1-17(36)30-26-31-21(16-41-26)15-40-23-9-5-20(6-10-23)12-14-29-25(39)34-35(33-18(2)37)22-7-3-19(4-8-22)11-13-28-24(38)32-27/h3-10,16H,11-15,27H2,1-2H3,(H,33,37)(H2,28,32,38)(H2,29,34,39)(H,30,31,36). The first-order chi connectivity index (χ1) is 19.7. The highest BCUT2D eigenvalue weighted by Crippen LogP contribution is 2.18. The average molecular weight is 584 g/mol. The predicted octanol–water partition coefficient (Wildman–Crippen LogP) is 1.71. The van der Waals surface area contributed by atoms with E-state index in [1.54, 1.807) is 12.1 Å². The number of nitrogens with one attached hydrogen (secondary N) is 6. The second kappa shape index (κ2) is 15.6. The van der Waals surface area contributed by atoms with E-state index in [1.807, 2.05) is 47.2 Å². The number of nitrogens with zero attached hydrogens (tertiary/aromatic N) is 2. The molecule has 15 heteroatoms. The molecule has 6 amide bonds. The molecule has 8 N–H and O–H groups in total. The lowest BCUT2D eigenvalue weighted by Gasteiger charge is -2.25. The number of hydrazine groups is 3. The van der Waals surface area contributed by atoms with Crippen LogP contribution in [0.2, 0.25) is 0 Å². The molecule has 0 saturated heterocycles. The molecule has 0 unspecified atom stereocenters. The summed E-state index contributed by atoms with van der Waals surface area (Å²) in [6.45, 7) is 3.78. The van der Waals surface area contributed by atoms with E-state index >= 15 is 0 Å². The van der Waals surface area contributed by atoms with Crippen LogP contribution in [0, 0.1) is 0 Å². The van der Waals surface area contributed by atoms with Crippen LogP contribution in [-0.4, -0.2) is 42.0 Å². The molecule has 0 bridgehead atoms. The Hall–Kier alpha value is -4.89. The summed E-state index contributed by atoms with van der Waals surface area (Å²) in [7, 11) is 0. The zero-order valence-corrected chi connectivity index (χ0v) is 23.5. The molecule has 0 radical (unpaired) electrons. The molecule has 0 atom stereocenters. The number of nitrogens with two attached hydrogens (primary N) is 1. The molecule has 0 saturated carbocycles. The minimum Gasteiger partial charge on any atom is -0.487 e. The summed E-state index contributed by atoms with van der Waals surface area (Å²) in [6.07, 6.45) is 1.15. The molecule has 3 aromatic rings. The van der Waals surface area contributed by atoms with Crippen molar-refractivity contribution < 1.29 is 23.9 Å². The number of benzene rings is 2. The van der Waals surface area contributed by atoms with E-state index in [2.05, 4.69) is 31.8 Å². The van der Waals surface area contributed by atoms with Gasteiger partial charge in [-0.05, 0) is 48.2 Å². The number of carbonyl (C=O) groups is 4. The molecule has 0 spiro atoms. The number of anilines is 2. The third kappa shape index (κ3) is 11.0. The number of amides is 6. The summed E-state index contributed by atoms with van der Waals surface area (Å²) in [5, 5.41) is 11.6. The maximum absolute atomic E-state index is 12.5. The summed E-state index contributed by atoms with van der Waals surface area (Å²) in [5.41, 5.74) is 10.4. The average Bonchev–Trinajstić information content (AvgIpc) is 3.38. The van der Waals surface area contributed by atoms with Crippen molar-refractivity contribution in [1.82, 2.24) is 31.9 Å². The van der Waals surface area contributed by atoms with Gasteiger partial charge in [-0.15, -0.1) is 11.3 Å². The minimum atomic E-state index is -0.498. The van der Waals surface area contributed by atoms with E-state index in [0.717, 1.165) is 11.1 Å². The number of aromatic nitrogens is 1. The van der Waals surface area contributed by atoms with Crippen LogP contribution in [0.15, 0.2) is 53.9 Å². The van der Waals surface area contributed by atoms with E-state index in [-0.39, 0.29) is 18.4 Å². The molecule has 41 heavy (non-hydrogen) atoms. The summed E-state index contributed by atoms with van der Waals surface area (Å²) < 4.78 is 5.75. The number of thiazole rings is 1. The van der Waals surface area contributed by atoms with Gasteiger partial charge in [0.1, 0.15) is 12.4 Å². The summed E-state index contributed by atoms with van der Waals surface area (Å²) >= 11 is 1.33. The van der Waals surface area contributed by atoms with Gasteiger partial charge >= 0.3 is 12.1 Å². The number of urea groups is 2. The first-order valence-corrected chi connectivity index (χ1v) is 13.5. The topological polar surface area (TPSA) is 192 Å². The third-order valence-corrected chi connectivity index (χ3v) is 6.16. The second-order valence-corrected chi connectivity index (χ2v) is 9.55. The van der Waals surface area contributed by atoms with Crippen molar-refractivity contribution in [2.45, 2.75) is 33.3 Å². The number of rotatable bonds is 13. The molecule has 0 aliphatic rings. The van der Waals surface area contributed by atoms with Gasteiger partial charge in [0.05, 0.1) is 11.4 Å². The largest absolute Gasteiger partial charge is 0.487 e. The van der Waals surface area contributed by atoms with Gasteiger partial charge < -0.3 is 20.7 Å². The molecule has 218 valence electrons. The Morgan fingerprint density at radius 1 is 0.854 bits per heavy atom. The van der Waals surface area contributed by atoms with Gasteiger partial charge in [-0.1, -0.05) is 24.3 Å². The quantitative estimate of drug-likeness (QED) is 0.0898. The van der Waals surface area contributed by atoms with Gasteiger partial charge in [-0.2, -0.15) is 5.12 Å². The molecular formula is C26H33N9O5S. The van der Waals surface area contributed by atoms with E-state index in [1.165, 1.54) is 30.3 Å². The molecule has 0 fully saturated rings. The zero-order valence-electron chi connectivity index (χ0n) is 22.7. The van der Waals surface area contributed by atoms with Crippen LogP contribution in [-0.2, 0) is 29.0 Å². The van der Waals surface area contributed by atoms with Crippen LogP contribution in [0.5, 0.6) is 5.75 Å². The van der Waals surface area contributed by atoms with Gasteiger partial charge in [-0.25, -0.2) is 31.3 Å². The van der Waals surface area contributed by atoms with Crippen molar-refractivity contribution in [3.8, 4) is 5.75 Å². The van der Waals surface area contributed by atoms with Crippen molar-refractivity contribution in [2.24, 2.45) is 5.84 Å². The Morgan fingerprint density at radius 2 is 1.46 bits per heavy atom. The Balaban J connectivity index is 1.43. The SMILES string of the molecule is CC(=O)Nc1nc(COc2ccc(CCNC(=O)NN(NC(C)=O)c3ccc(CCNC(=O)NN)cc3)cc2)cs1. The monoisotopic (exact) mass is 583 g/mol. The number of ether oxygens (including phenoxy) is 1. The Bertz CT molecular complexity index is 1320. The number of hydrogen-bond acceptors (Lipinski definition) is 9. The third-order valence-electron chi connectivity index (χ3n) is 5.35. The first-order valence-electron chi connectivity index (χ1n) is 12.6. The lowest BCUT2D eigenvalue weighted by atomic mass is 10.1. The minimum absolute atomic E-state index is 0.174. The van der Waals surface area contributed by atoms with Crippen LogP contribution < -0.4 is 47.9 Å². The van der Waals surface area contributed by atoms with Crippen molar-refractivity contribution >= 4 is 46.0 Å². The molecule has 0 aliphatic heterocycles. The zero-order chi connectivity index (χ0) is 29.6. The molecular weight excluding hydrogens is 550 g/mol. The summed E-state index contributed by atoms with van der Waals surface area (Å²) in [4.78, 5) is 50.8. The van der Waals surface area contributed by atoms with E-state index in [9.17, 15) is 19.2 Å². The van der Waals surface area contributed by atoms with Crippen molar-refractivity contribution in [3.05, 3.63) is 70.7 Å². The van der Waals surface area contributed by atoms with Gasteiger partial charge in [0.15, 0.2) is 5.13 Å². The fourth-order valence-electron chi connectivity index (χ4n) is 3.45. The second-order valence-electron chi connectivity index (χ2n) is 8.70. The van der Waals surface area contributed by atoms with Gasteiger partial charge in [0, 0.05) is 32.3 Å². The van der Waals surface area contributed by atoms with Crippen LogP contribution in [0.25, 0.3) is 0 Å². The highest BCUT2D eigenvalue weighted by molar-refractivity contribution is 7.13. The molecule has 1 heterocycles. The van der Waals surface area contributed by atoms with E-state index < -0.39 is 12.1 Å². The van der Waals surface area contributed by atoms with E-state index in [0.29, 0.717) is 48.2 Å². The lowest BCUT2D eigenvalue weighted by Crippen LogP contribution is -2.55. The molecule has 3 rings (SSSR count). The normalized spacial score (nSPS) is 10.2. The predicted molar refractivity (Wildman–Crippen MR) is 155 cm³/mol. The van der Waals surface area contributed by atoms with E-state index in [4.69, 9.17) is 10.6 Å². The van der Waals surface area contributed by atoms with Crippen LogP contribution >= 0.6 is 11.3 Å². The molecule has 2 aromatic carbocycles.